The van der Waals surface area contributed by atoms with E-state index in [1.807, 2.05) is 0 Å². The number of hydrogen-bond donors (Lipinski definition) is 1. The summed E-state index contributed by atoms with van der Waals surface area (Å²) in [5.74, 6) is 0. The fourth-order valence-electron chi connectivity index (χ4n) is 2.23. The van der Waals surface area contributed by atoms with E-state index in [-0.39, 0.29) is 17.1 Å². The second-order valence-electron chi connectivity index (χ2n) is 4.86. The first-order valence-electron chi connectivity index (χ1n) is 6.25. The Morgan fingerprint density at radius 2 is 2.15 bits per heavy atom. The van der Waals surface area contributed by atoms with Crippen LogP contribution in [-0.4, -0.2) is 41.9 Å². The number of rotatable bonds is 3. The molecule has 0 saturated carbocycles. The lowest BCUT2D eigenvalue weighted by Gasteiger charge is -2.29. The molecule has 8 heteroatoms. The summed E-state index contributed by atoms with van der Waals surface area (Å²) < 4.78 is 26.0. The number of aryl methyl sites for hydroxylation is 1. The van der Waals surface area contributed by atoms with Gasteiger partial charge in [-0.1, -0.05) is 6.07 Å². The van der Waals surface area contributed by atoms with Crippen molar-refractivity contribution >= 4 is 15.7 Å². The summed E-state index contributed by atoms with van der Waals surface area (Å²) >= 11 is 0. The molecule has 20 heavy (non-hydrogen) atoms. The molecule has 1 heterocycles. The molecule has 1 saturated heterocycles. The van der Waals surface area contributed by atoms with Crippen LogP contribution >= 0.6 is 0 Å². The topological polar surface area (TPSA) is 101 Å². The summed E-state index contributed by atoms with van der Waals surface area (Å²) in [5, 5.41) is 20.4. The van der Waals surface area contributed by atoms with Crippen LogP contribution in [0.15, 0.2) is 23.1 Å². The second kappa shape index (κ2) is 5.47. The van der Waals surface area contributed by atoms with Gasteiger partial charge in [0.25, 0.3) is 5.69 Å². The number of aliphatic hydroxyl groups is 1. The minimum absolute atomic E-state index is 0.0318. The normalized spacial score (nSPS) is 20.8. The lowest BCUT2D eigenvalue weighted by molar-refractivity contribution is -0.385. The first kappa shape index (κ1) is 14.9. The molecule has 0 bridgehead atoms. The number of benzene rings is 1. The highest BCUT2D eigenvalue weighted by Gasteiger charge is 2.30. The van der Waals surface area contributed by atoms with E-state index in [9.17, 15) is 23.6 Å². The van der Waals surface area contributed by atoms with Crippen molar-refractivity contribution in [1.82, 2.24) is 4.31 Å². The lowest BCUT2D eigenvalue weighted by atomic mass is 10.1. The van der Waals surface area contributed by atoms with Crippen LogP contribution in [0.25, 0.3) is 0 Å². The van der Waals surface area contributed by atoms with Crippen LogP contribution in [0.5, 0.6) is 0 Å². The third-order valence-electron chi connectivity index (χ3n) is 3.37. The van der Waals surface area contributed by atoms with Gasteiger partial charge in [-0.25, -0.2) is 8.42 Å². The highest BCUT2D eigenvalue weighted by atomic mass is 32.2. The zero-order chi connectivity index (χ0) is 14.9. The molecular weight excluding hydrogens is 284 g/mol. The molecule has 1 atom stereocenters. The number of nitrogens with zero attached hydrogens (tertiary/aromatic N) is 2. The van der Waals surface area contributed by atoms with Gasteiger partial charge < -0.3 is 5.11 Å². The van der Waals surface area contributed by atoms with Crippen LogP contribution < -0.4 is 0 Å². The number of nitro benzene ring substituents is 1. The van der Waals surface area contributed by atoms with E-state index >= 15 is 0 Å². The van der Waals surface area contributed by atoms with Gasteiger partial charge in [0.1, 0.15) is 0 Å². The molecule has 1 aliphatic rings. The van der Waals surface area contributed by atoms with Crippen molar-refractivity contribution in [3.63, 3.8) is 0 Å². The molecule has 0 spiro atoms. The van der Waals surface area contributed by atoms with Crippen LogP contribution in [0.1, 0.15) is 18.4 Å². The Morgan fingerprint density at radius 1 is 1.45 bits per heavy atom. The average molecular weight is 300 g/mol. The fraction of sp³-hybridized carbons (Fsp3) is 0.500. The second-order valence-corrected chi connectivity index (χ2v) is 6.80. The monoisotopic (exact) mass is 300 g/mol. The fourth-order valence-corrected chi connectivity index (χ4v) is 3.77. The standard InChI is InChI=1S/C12H16N2O5S/c1-9-4-5-11(7-12(9)14(16)17)20(18,19)13-6-2-3-10(15)8-13/h4-5,7,10,15H,2-3,6,8H2,1H3/t10-/m0/s1. The van der Waals surface area contributed by atoms with E-state index in [2.05, 4.69) is 0 Å². The van der Waals surface area contributed by atoms with Crippen LogP contribution in [0.3, 0.4) is 0 Å². The number of hydrogen-bond acceptors (Lipinski definition) is 5. The average Bonchev–Trinajstić information content (AvgIpc) is 2.38. The van der Waals surface area contributed by atoms with Gasteiger partial charge in [0.05, 0.1) is 15.9 Å². The molecular formula is C12H16N2O5S. The van der Waals surface area contributed by atoms with Crippen molar-refractivity contribution in [2.75, 3.05) is 13.1 Å². The van der Waals surface area contributed by atoms with Gasteiger partial charge in [-0.3, -0.25) is 10.1 Å². The molecule has 0 aliphatic carbocycles. The van der Waals surface area contributed by atoms with E-state index in [1.165, 1.54) is 16.4 Å². The molecule has 110 valence electrons. The van der Waals surface area contributed by atoms with Gasteiger partial charge in [-0.2, -0.15) is 4.31 Å². The molecule has 0 amide bonds. The predicted molar refractivity (Wildman–Crippen MR) is 71.8 cm³/mol. The molecule has 0 aromatic heterocycles. The minimum atomic E-state index is -3.80. The smallest absolute Gasteiger partial charge is 0.273 e. The molecule has 2 rings (SSSR count). The Morgan fingerprint density at radius 3 is 2.75 bits per heavy atom. The number of aliphatic hydroxyl groups excluding tert-OH is 1. The highest BCUT2D eigenvalue weighted by Crippen LogP contribution is 2.26. The van der Waals surface area contributed by atoms with Gasteiger partial charge in [-0.15, -0.1) is 0 Å². The Balaban J connectivity index is 2.39. The number of β-amino-alcohol motifs (C(OH)–C–C–N with tert-alkyl or cyclic N) is 1. The summed E-state index contributed by atoms with van der Waals surface area (Å²) in [5.41, 5.74) is 0.191. The summed E-state index contributed by atoms with van der Waals surface area (Å²) in [6.45, 7) is 1.91. The third kappa shape index (κ3) is 2.82. The van der Waals surface area contributed by atoms with Crippen molar-refractivity contribution in [3.05, 3.63) is 33.9 Å². The highest BCUT2D eigenvalue weighted by molar-refractivity contribution is 7.89. The van der Waals surface area contributed by atoms with Gasteiger partial charge in [0.2, 0.25) is 10.0 Å². The molecule has 1 aliphatic heterocycles. The molecule has 0 unspecified atom stereocenters. The van der Waals surface area contributed by atoms with Crippen molar-refractivity contribution < 1.29 is 18.4 Å². The van der Waals surface area contributed by atoms with Crippen molar-refractivity contribution in [2.24, 2.45) is 0 Å². The number of nitro groups is 1. The first-order valence-corrected chi connectivity index (χ1v) is 7.69. The molecule has 0 radical (unpaired) electrons. The van der Waals surface area contributed by atoms with E-state index in [1.54, 1.807) is 6.92 Å². The Kier molecular flexibility index (Phi) is 4.07. The van der Waals surface area contributed by atoms with Gasteiger partial charge in [0.15, 0.2) is 0 Å². The molecule has 1 aromatic rings. The maximum Gasteiger partial charge on any atom is 0.273 e. The summed E-state index contributed by atoms with van der Waals surface area (Å²) in [7, 11) is -3.80. The van der Waals surface area contributed by atoms with Gasteiger partial charge in [-0.05, 0) is 25.8 Å². The first-order chi connectivity index (χ1) is 9.32. The van der Waals surface area contributed by atoms with Gasteiger partial charge in [0, 0.05) is 24.7 Å². The van der Waals surface area contributed by atoms with E-state index in [4.69, 9.17) is 0 Å². The molecule has 1 N–H and O–H groups in total. The lowest BCUT2D eigenvalue weighted by Crippen LogP contribution is -2.42. The number of sulfonamides is 1. The maximum atomic E-state index is 12.4. The van der Waals surface area contributed by atoms with E-state index in [0.717, 1.165) is 6.07 Å². The molecule has 1 aromatic carbocycles. The SMILES string of the molecule is Cc1ccc(S(=O)(=O)N2CCC[C@H](O)C2)cc1[N+](=O)[O-]. The van der Waals surface area contributed by atoms with Crippen LogP contribution in [0.4, 0.5) is 5.69 Å². The van der Waals surface area contributed by atoms with Crippen LogP contribution in [0, 0.1) is 17.0 Å². The van der Waals surface area contributed by atoms with E-state index in [0.29, 0.717) is 24.9 Å². The summed E-state index contributed by atoms with van der Waals surface area (Å²) in [6, 6.07) is 3.86. The maximum absolute atomic E-state index is 12.4. The minimum Gasteiger partial charge on any atom is -0.392 e. The van der Waals surface area contributed by atoms with Crippen molar-refractivity contribution in [3.8, 4) is 0 Å². The molecule has 1 fully saturated rings. The zero-order valence-corrected chi connectivity index (χ0v) is 11.8. The Bertz CT molecular complexity index is 629. The van der Waals surface area contributed by atoms with Crippen LogP contribution in [0.2, 0.25) is 0 Å². The summed E-state index contributed by atoms with van der Waals surface area (Å²) in [6.07, 6.45) is 0.466. The Labute approximate surface area is 117 Å². The Hall–Kier alpha value is -1.51. The predicted octanol–water partition coefficient (Wildman–Crippen LogP) is 1.05. The zero-order valence-electron chi connectivity index (χ0n) is 11.0. The molecule has 7 nitrogen and oxygen atoms in total. The largest absolute Gasteiger partial charge is 0.392 e. The third-order valence-corrected chi connectivity index (χ3v) is 5.24. The van der Waals surface area contributed by atoms with Crippen molar-refractivity contribution in [1.29, 1.82) is 0 Å². The van der Waals surface area contributed by atoms with E-state index < -0.39 is 21.1 Å². The number of piperidine rings is 1. The van der Waals surface area contributed by atoms with Gasteiger partial charge >= 0.3 is 0 Å². The summed E-state index contributed by atoms with van der Waals surface area (Å²) in [4.78, 5) is 10.2. The van der Waals surface area contributed by atoms with Crippen molar-refractivity contribution in [2.45, 2.75) is 30.8 Å². The van der Waals surface area contributed by atoms with Crippen LogP contribution in [-0.2, 0) is 10.0 Å². The quantitative estimate of drug-likeness (QED) is 0.664.